The first kappa shape index (κ1) is 27.0. The molecule has 2 aromatic heterocycles. The summed E-state index contributed by atoms with van der Waals surface area (Å²) in [5.74, 6) is -2.18. The molecule has 0 unspecified atom stereocenters. The predicted molar refractivity (Wildman–Crippen MR) is 139 cm³/mol. The standard InChI is InChI=1S/C23H27N5O6S2/c1-5-24-18(29)16(19(30)25(6-2)22(24)35)15(13-9-11-14(12-10-13)28(33)34)17-20(31)26(7-3)23(36)27(8-4)21(17)32/h9-12,15,29,31H,5-8H2,1-4H3. The van der Waals surface area contributed by atoms with Crippen LogP contribution in [0.5, 0.6) is 11.8 Å². The van der Waals surface area contributed by atoms with Crippen LogP contribution < -0.4 is 11.1 Å². The summed E-state index contributed by atoms with van der Waals surface area (Å²) in [6, 6.07) is 5.25. The van der Waals surface area contributed by atoms with Crippen LogP contribution in [-0.4, -0.2) is 33.4 Å². The Morgan fingerprint density at radius 1 is 0.778 bits per heavy atom. The number of nitro benzene ring substituents is 1. The summed E-state index contributed by atoms with van der Waals surface area (Å²) < 4.78 is 5.51. The number of nitrogens with zero attached hydrogens (tertiary/aromatic N) is 5. The highest BCUT2D eigenvalue weighted by atomic mass is 32.1. The third-order valence-electron chi connectivity index (χ3n) is 6.15. The number of hydrogen-bond acceptors (Lipinski definition) is 8. The Hall–Kier alpha value is -3.58. The van der Waals surface area contributed by atoms with Crippen molar-refractivity contribution in [3.63, 3.8) is 0 Å². The van der Waals surface area contributed by atoms with Gasteiger partial charge >= 0.3 is 0 Å². The second-order valence-electron chi connectivity index (χ2n) is 7.91. The zero-order valence-corrected chi connectivity index (χ0v) is 21.9. The molecule has 0 aliphatic carbocycles. The van der Waals surface area contributed by atoms with Crippen LogP contribution in [0.2, 0.25) is 0 Å². The molecule has 0 aliphatic rings. The summed E-state index contributed by atoms with van der Waals surface area (Å²) in [4.78, 5) is 38.0. The molecule has 0 saturated heterocycles. The van der Waals surface area contributed by atoms with Gasteiger partial charge in [0, 0.05) is 38.3 Å². The third-order valence-corrected chi connectivity index (χ3v) is 7.03. The lowest BCUT2D eigenvalue weighted by molar-refractivity contribution is -0.384. The number of aromatic hydroxyl groups is 2. The summed E-state index contributed by atoms with van der Waals surface area (Å²) in [6.07, 6.45) is 0. The number of hydrogen-bond donors (Lipinski definition) is 2. The highest BCUT2D eigenvalue weighted by Gasteiger charge is 2.33. The van der Waals surface area contributed by atoms with Crippen LogP contribution in [0.1, 0.15) is 50.3 Å². The smallest absolute Gasteiger partial charge is 0.269 e. The van der Waals surface area contributed by atoms with Crippen LogP contribution in [0.3, 0.4) is 0 Å². The summed E-state index contributed by atoms with van der Waals surface area (Å²) in [7, 11) is 0. The van der Waals surface area contributed by atoms with Gasteiger partial charge in [0.15, 0.2) is 9.54 Å². The molecular weight excluding hydrogens is 506 g/mol. The van der Waals surface area contributed by atoms with Crippen LogP contribution >= 0.6 is 24.4 Å². The Balaban J connectivity index is 2.60. The van der Waals surface area contributed by atoms with Gasteiger partial charge in [0.05, 0.1) is 22.0 Å². The van der Waals surface area contributed by atoms with E-state index < -0.39 is 33.7 Å². The largest absolute Gasteiger partial charge is 0.494 e. The Labute approximate surface area is 216 Å². The van der Waals surface area contributed by atoms with Crippen LogP contribution in [0.4, 0.5) is 5.69 Å². The first-order valence-electron chi connectivity index (χ1n) is 11.4. The second-order valence-corrected chi connectivity index (χ2v) is 8.64. The highest BCUT2D eigenvalue weighted by molar-refractivity contribution is 7.71. The van der Waals surface area contributed by atoms with Gasteiger partial charge in [-0.05, 0) is 57.7 Å². The van der Waals surface area contributed by atoms with Crippen LogP contribution in [0.25, 0.3) is 0 Å². The predicted octanol–water partition coefficient (Wildman–Crippen LogP) is 3.65. The molecule has 192 valence electrons. The topological polar surface area (TPSA) is 137 Å². The molecule has 0 radical (unpaired) electrons. The van der Waals surface area contributed by atoms with Gasteiger partial charge in [-0.2, -0.15) is 0 Å². The molecule has 3 rings (SSSR count). The molecule has 0 spiro atoms. The van der Waals surface area contributed by atoms with Crippen molar-refractivity contribution >= 4 is 30.1 Å². The van der Waals surface area contributed by atoms with E-state index in [1.807, 2.05) is 0 Å². The Kier molecular flexibility index (Phi) is 7.94. The Bertz CT molecular complexity index is 1480. The van der Waals surface area contributed by atoms with Crippen molar-refractivity contribution in [3.8, 4) is 11.8 Å². The molecule has 2 heterocycles. The number of nitro groups is 1. The van der Waals surface area contributed by atoms with Crippen LogP contribution in [0.15, 0.2) is 33.9 Å². The number of non-ortho nitro benzene ring substituents is 1. The van der Waals surface area contributed by atoms with Crippen molar-refractivity contribution < 1.29 is 15.1 Å². The maximum absolute atomic E-state index is 13.7. The molecule has 0 fully saturated rings. The Morgan fingerprint density at radius 3 is 1.44 bits per heavy atom. The van der Waals surface area contributed by atoms with E-state index in [2.05, 4.69) is 0 Å². The van der Waals surface area contributed by atoms with E-state index >= 15 is 0 Å². The minimum atomic E-state index is -1.27. The minimum absolute atomic E-state index is 0.105. The fourth-order valence-electron chi connectivity index (χ4n) is 4.32. The van der Waals surface area contributed by atoms with Crippen LogP contribution in [-0.2, 0) is 26.2 Å². The molecule has 0 bridgehead atoms. The van der Waals surface area contributed by atoms with Gasteiger partial charge in [0.1, 0.15) is 0 Å². The molecule has 0 saturated carbocycles. The molecular formula is C23H27N5O6S2. The maximum atomic E-state index is 13.7. The van der Waals surface area contributed by atoms with E-state index in [9.17, 15) is 29.9 Å². The van der Waals surface area contributed by atoms with Gasteiger partial charge in [0.2, 0.25) is 11.8 Å². The van der Waals surface area contributed by atoms with E-state index in [1.54, 1.807) is 27.7 Å². The average molecular weight is 534 g/mol. The first-order chi connectivity index (χ1) is 17.0. The van der Waals surface area contributed by atoms with E-state index in [4.69, 9.17) is 24.4 Å². The summed E-state index contributed by atoms with van der Waals surface area (Å²) in [6.45, 7) is 7.78. The molecule has 13 heteroatoms. The molecule has 1 aromatic carbocycles. The van der Waals surface area contributed by atoms with E-state index in [1.165, 1.54) is 42.5 Å². The normalized spacial score (nSPS) is 11.2. The highest BCUT2D eigenvalue weighted by Crippen LogP contribution is 2.38. The van der Waals surface area contributed by atoms with Crippen molar-refractivity contribution in [3.05, 3.63) is 81.3 Å². The minimum Gasteiger partial charge on any atom is -0.494 e. The third kappa shape index (κ3) is 4.28. The Morgan fingerprint density at radius 2 is 1.14 bits per heavy atom. The lowest BCUT2D eigenvalue weighted by Gasteiger charge is -2.24. The zero-order valence-electron chi connectivity index (χ0n) is 20.3. The summed E-state index contributed by atoms with van der Waals surface area (Å²) in [5.41, 5.74) is -1.56. The van der Waals surface area contributed by atoms with Gasteiger partial charge in [-0.1, -0.05) is 12.1 Å². The lowest BCUT2D eigenvalue weighted by atomic mass is 9.86. The van der Waals surface area contributed by atoms with Gasteiger partial charge < -0.3 is 10.2 Å². The molecule has 0 atom stereocenters. The molecule has 3 aromatic rings. The molecule has 11 nitrogen and oxygen atoms in total. The maximum Gasteiger partial charge on any atom is 0.269 e. The molecule has 36 heavy (non-hydrogen) atoms. The van der Waals surface area contributed by atoms with Crippen LogP contribution in [0, 0.1) is 19.7 Å². The molecule has 0 aliphatic heterocycles. The number of rotatable bonds is 8. The lowest BCUT2D eigenvalue weighted by Crippen LogP contribution is -2.34. The SMILES string of the molecule is CCn1c(O)c(C(c2ccc([N+](=O)[O-])cc2)c2c(O)n(CC)c(=S)n(CC)c2=O)c(=O)n(CC)c1=S. The number of benzene rings is 1. The van der Waals surface area contributed by atoms with Crippen molar-refractivity contribution in [2.45, 2.75) is 59.8 Å². The van der Waals surface area contributed by atoms with Crippen molar-refractivity contribution in [1.82, 2.24) is 18.3 Å². The molecule has 2 N–H and O–H groups in total. The van der Waals surface area contributed by atoms with Crippen molar-refractivity contribution in [1.29, 1.82) is 0 Å². The fourth-order valence-corrected chi connectivity index (χ4v) is 5.17. The van der Waals surface area contributed by atoms with Crippen molar-refractivity contribution in [2.24, 2.45) is 0 Å². The van der Waals surface area contributed by atoms with E-state index in [-0.39, 0.29) is 58.1 Å². The average Bonchev–Trinajstić information content (AvgIpc) is 2.84. The van der Waals surface area contributed by atoms with Gasteiger partial charge in [-0.15, -0.1) is 0 Å². The van der Waals surface area contributed by atoms with Gasteiger partial charge in [0.25, 0.3) is 16.8 Å². The van der Waals surface area contributed by atoms with Crippen molar-refractivity contribution in [2.75, 3.05) is 0 Å². The second kappa shape index (κ2) is 10.6. The van der Waals surface area contributed by atoms with E-state index in [0.29, 0.717) is 0 Å². The first-order valence-corrected chi connectivity index (χ1v) is 12.2. The van der Waals surface area contributed by atoms with E-state index in [0.717, 1.165) is 0 Å². The fraction of sp³-hybridized carbons (Fsp3) is 0.391. The summed E-state index contributed by atoms with van der Waals surface area (Å²) >= 11 is 10.8. The number of aromatic nitrogens is 4. The zero-order chi connectivity index (χ0) is 26.9. The van der Waals surface area contributed by atoms with Gasteiger partial charge in [-0.25, -0.2) is 0 Å². The molecule has 0 amide bonds. The monoisotopic (exact) mass is 533 g/mol. The van der Waals surface area contributed by atoms with Gasteiger partial charge in [-0.3, -0.25) is 38.0 Å². The summed E-state index contributed by atoms with van der Waals surface area (Å²) in [5, 5.41) is 33.7. The quantitative estimate of drug-likeness (QED) is 0.254.